The Morgan fingerprint density at radius 3 is 1.08 bits per heavy atom. The number of aliphatic hydroxyl groups excluding tert-OH is 4. The second-order valence-corrected chi connectivity index (χ2v) is 39.0. The van der Waals surface area contributed by atoms with E-state index in [1.807, 2.05) is 204 Å². The fourth-order valence-corrected chi connectivity index (χ4v) is 8.09. The van der Waals surface area contributed by atoms with E-state index >= 15 is 0 Å². The number of phenols is 4. The average Bonchev–Trinajstić information content (AvgIpc) is 0.841. The Hall–Kier alpha value is -8.24. The van der Waals surface area contributed by atoms with Crippen LogP contribution in [0.2, 0.25) is 6.82 Å². The van der Waals surface area contributed by atoms with Gasteiger partial charge in [-0.25, -0.2) is 15.0 Å². The van der Waals surface area contributed by atoms with E-state index < -0.39 is 21.4 Å². The number of nitrogens with two attached hydrogens (primary N) is 1. The maximum Gasteiger partial charge on any atom is 0.397 e. The van der Waals surface area contributed by atoms with Crippen molar-refractivity contribution in [1.29, 1.82) is 2.77 Å². The molecule has 7 rings (SSSR count). The molecule has 0 aliphatic carbocycles. The van der Waals surface area contributed by atoms with Crippen molar-refractivity contribution < 1.29 is 146 Å². The van der Waals surface area contributed by atoms with Crippen LogP contribution in [0.1, 0.15) is 322 Å². The molecule has 0 amide bonds. The minimum atomic E-state index is -4.00. The Kier molecular flexibility index (Phi) is 94.8. The minimum absolute atomic E-state index is 0. The van der Waals surface area contributed by atoms with E-state index in [4.69, 9.17) is 82.4 Å². The van der Waals surface area contributed by atoms with Crippen LogP contribution in [-0.2, 0) is 72.8 Å². The number of carbonyl (C=O) groups is 6. The number of carbonyl (C=O) groups excluding carboxylic acids is 6. The zero-order chi connectivity index (χ0) is 106. The number of hydrogen-bond donors (Lipinski definition) is 10. The van der Waals surface area contributed by atoms with E-state index in [-0.39, 0.29) is 170 Å². The van der Waals surface area contributed by atoms with Crippen molar-refractivity contribution in [2.24, 2.45) is 5.14 Å². The van der Waals surface area contributed by atoms with Crippen molar-refractivity contribution in [3.05, 3.63) is 185 Å². The molecule has 0 unspecified atom stereocenters. The molecular weight excluding hydrogens is 1870 g/mol. The summed E-state index contributed by atoms with van der Waals surface area (Å²) in [5.74, 6) is 3.70. The summed E-state index contributed by atoms with van der Waals surface area (Å²) in [6, 6.07) is 30.7. The van der Waals surface area contributed by atoms with Crippen molar-refractivity contribution in [3.8, 4) is 57.5 Å². The second-order valence-electron chi connectivity index (χ2n) is 35.0. The Bertz CT molecular complexity index is 4340. The first-order chi connectivity index (χ1) is 61.3. The van der Waals surface area contributed by atoms with E-state index in [0.717, 1.165) is 82.2 Å². The Morgan fingerprint density at radius 1 is 0.518 bits per heavy atom. The normalized spacial score (nSPS) is 11.2. The predicted molar refractivity (Wildman–Crippen MR) is 571 cm³/mol. The number of aldehydes is 3. The molecule has 0 spiro atoms. The van der Waals surface area contributed by atoms with E-state index in [0.29, 0.717) is 52.4 Å². The van der Waals surface area contributed by atoms with Crippen LogP contribution in [0.25, 0.3) is 13.6 Å². The molecule has 11 N–H and O–H groups in total. The van der Waals surface area contributed by atoms with Crippen molar-refractivity contribution in [3.63, 3.8) is 0 Å². The number of halogens is 1. The molecule has 1 saturated heterocycles. The van der Waals surface area contributed by atoms with Gasteiger partial charge in [0.1, 0.15) is 69.7 Å². The zero-order valence-corrected chi connectivity index (χ0v) is 90.2. The number of allylic oxidation sites excluding steroid dienone is 3. The summed E-state index contributed by atoms with van der Waals surface area (Å²) < 4.78 is 89.0. The van der Waals surface area contributed by atoms with Gasteiger partial charge < -0.3 is 78.8 Å². The molecule has 6 aromatic rings. The average molecular weight is 2050 g/mol. The molecule has 27 nitrogen and oxygen atoms in total. The first-order valence-electron chi connectivity index (χ1n) is 43.6. The second kappa shape index (κ2) is 85.7. The summed E-state index contributed by atoms with van der Waals surface area (Å²) in [5, 5.41) is 72.0. The third-order valence-electron chi connectivity index (χ3n) is 12.7. The van der Waals surface area contributed by atoms with Gasteiger partial charge in [0.2, 0.25) is 7.95 Å². The Labute approximate surface area is 856 Å². The predicted octanol–water partition coefficient (Wildman–Crippen LogP) is 24.4. The number of hydrogen-bond acceptors (Lipinski definition) is 27. The van der Waals surface area contributed by atoms with Gasteiger partial charge in [-0.15, -0.1) is 17.4 Å². The quantitative estimate of drug-likeness (QED) is 0.00645. The fourth-order valence-electron chi connectivity index (χ4n) is 7.81. The maximum atomic E-state index is 11.0. The summed E-state index contributed by atoms with van der Waals surface area (Å²) in [5.41, 5.74) is 5.94. The summed E-state index contributed by atoms with van der Waals surface area (Å²) in [7, 11) is 0.898. The van der Waals surface area contributed by atoms with Gasteiger partial charge in [-0.2, -0.15) is 14.8 Å². The molecule has 0 saturated carbocycles. The third-order valence-corrected chi connectivity index (χ3v) is 15.2. The molecule has 137 heavy (non-hydrogen) atoms. The number of aryl methyl sites for hydroxylation is 3. The van der Waals surface area contributed by atoms with Gasteiger partial charge in [0.25, 0.3) is 0 Å². The smallest absolute Gasteiger partial charge is 0.397 e. The topological polar surface area (TPSA) is 436 Å². The Balaban J connectivity index is -0.000000115. The first-order valence-corrected chi connectivity index (χ1v) is 46.9. The van der Waals surface area contributed by atoms with E-state index in [1.54, 1.807) is 96.1 Å². The molecule has 33 heteroatoms. The molecule has 1 aliphatic heterocycles. The van der Waals surface area contributed by atoms with Gasteiger partial charge >= 0.3 is 10.4 Å². The number of ketones is 3. The van der Waals surface area contributed by atoms with Gasteiger partial charge in [0, 0.05) is 77.9 Å². The summed E-state index contributed by atoms with van der Waals surface area (Å²) >= 11 is 0. The van der Waals surface area contributed by atoms with E-state index in [1.165, 1.54) is 75.2 Å². The summed E-state index contributed by atoms with van der Waals surface area (Å²) in [6.45, 7) is 70.6. The first kappa shape index (κ1) is 152. The molecule has 1 fully saturated rings. The van der Waals surface area contributed by atoms with Crippen LogP contribution < -0.4 is 33.6 Å². The van der Waals surface area contributed by atoms with Crippen LogP contribution >= 0.6 is 21.5 Å². The van der Waals surface area contributed by atoms with Crippen LogP contribution in [0.5, 0.6) is 57.5 Å². The SMILES string of the molecule is C.C.C.C.C=C(C)C.CC(=O)/C=C/c1ccc(C)c(OC(C)(C)C)c1.CC(=O)/C=C/c1ccc(O)c(OC(C)(C)C)c1.CC(=O)CCc1ccc(C)c(OC(C)(C)C)c1.CC(C)(C)Oc1cc(C=O)ccc1O.CC(C)(C)Oc1ccc(C=O)cc1OC(C)(C)C.CC(C)(C)[S@@](N)=O.CCO.CCO.CCO.CCO.O=Cc1ccc(O)c(O)c1.[2H]OS(=O)(=O)OCC.[3H]B(C)SCl.[CH-]1CCCO1.[Ti]. The van der Waals surface area contributed by atoms with Crippen molar-refractivity contribution in [2.75, 3.05) is 39.6 Å². The molecule has 0 radical (unpaired) electrons. The molecular formula is C104H178BClNO26S3Ti-. The number of ether oxygens (including phenoxy) is 7. The van der Waals surface area contributed by atoms with Gasteiger partial charge in [-0.05, 0) is 355 Å². The number of rotatable bonds is 20. The van der Waals surface area contributed by atoms with Crippen molar-refractivity contribution in [2.45, 2.75) is 329 Å². The molecule has 0 aromatic heterocycles. The van der Waals surface area contributed by atoms with Crippen LogP contribution in [0.3, 0.4) is 0 Å². The van der Waals surface area contributed by atoms with Gasteiger partial charge in [-0.3, -0.25) is 33.7 Å². The van der Waals surface area contributed by atoms with Crippen LogP contribution in [0.15, 0.2) is 133 Å². The van der Waals surface area contributed by atoms with Crippen LogP contribution in [-0.4, -0.2) is 180 Å². The fraction of sp³-hybridized carbons (Fsp3) is 0.529. The number of Topliss-reactive ketones (excluding diaryl/α,β-unsaturated/α-hetero) is 1. The third kappa shape index (κ3) is 108. The standard InChI is InChI=1S/C15H22O3.C15H22O2.C15H20O2.C14H18O3.C11H14O3.C7H6O3.C4H11NOS.C4H7O.C4H8.C2H6O4S.4C2H6O.CH4BClS.4CH4.Ti/c1-14(2,3)17-12-8-7-11(10-16)9-13(12)18-15(4,5)6;2*1-11-6-8-13(9-7-12(2)16)10-14(11)17-15(3,4)5;1-10(15)5-6-11-7-8-12(16)13(9-11)17-14(2,3)4;1-11(2,3)14-10-6-8(7-12)4-5-9(10)13;8-4-5-1-2-6(9)7(10)3-5;1-4(2,3)7(5)6;1-2-4-5-3-1;1-4(2)3;1-2-6-7(3,4)5;4*1-2-3;1-2-4-3;;;;;/h7-10H,1-6H3;6,8,10H,7,9H2,1-5H3;6-10H,1-5H3;5-9,16H,1-4H3;4-7,13H,1-3H3;1-4,9-10H;5H2,1-3H3;3H,1-2,4H2;1H2,2-3H3;2H2,1H3,(H,3,4,5);4*3H,2H2,1H3;2H,1H3;4*1H4;/q;;;;;;;-1;;;;;;;;;;;;/b;;9-7+;6-5+;;;;;;;;;;;;;;;;/t;;;;;;7-;;;;;;;;;;;;;/m......0............./s1/i;;;;;;;;;;;;;;2T;;;;;/hD. The van der Waals surface area contributed by atoms with Gasteiger partial charge in [0.15, 0.2) is 57.6 Å². The largest absolute Gasteiger partial charge is 0.552 e. The molecule has 1 atom stereocenters. The molecule has 0 bridgehead atoms. The van der Waals surface area contributed by atoms with Crippen LogP contribution in [0, 0.1) is 20.5 Å². The summed E-state index contributed by atoms with van der Waals surface area (Å²) in [4.78, 5) is 64.1. The number of aliphatic hydroxyl groups is 4. The van der Waals surface area contributed by atoms with E-state index in [2.05, 4.69) is 27.4 Å². The minimum Gasteiger partial charge on any atom is -0.552 e. The number of aromatic hydroxyl groups is 4. The maximum absolute atomic E-state index is 11.0. The summed E-state index contributed by atoms with van der Waals surface area (Å²) in [6.07, 6.45) is 12.4. The molecule has 1 aliphatic rings. The Morgan fingerprint density at radius 2 is 0.803 bits per heavy atom. The van der Waals surface area contributed by atoms with Crippen LogP contribution in [0.4, 0.5) is 0 Å². The van der Waals surface area contributed by atoms with Gasteiger partial charge in [-0.1, -0.05) is 102 Å². The number of benzene rings is 6. The number of phenolic OH excluding ortho intramolecular Hbond substituents is 4. The molecule has 1 heterocycles. The van der Waals surface area contributed by atoms with Crippen molar-refractivity contribution in [1.82, 2.24) is 0 Å². The van der Waals surface area contributed by atoms with E-state index in [9.17, 15) is 51.6 Å². The van der Waals surface area contributed by atoms with Crippen molar-refractivity contribution >= 4 is 97.8 Å². The molecule has 788 valence electrons. The molecule has 6 aromatic carbocycles. The van der Waals surface area contributed by atoms with Gasteiger partial charge in [0.05, 0.1) is 22.3 Å². The monoisotopic (exact) mass is 2050 g/mol. The zero-order valence-electron chi connectivity index (χ0n) is 87.5.